The van der Waals surface area contributed by atoms with Crippen molar-refractivity contribution in [2.75, 3.05) is 7.11 Å². The average molecular weight is 447 g/mol. The largest absolute Gasteiger partial charge is 0.406 e. The number of aromatic nitrogens is 1. The van der Waals surface area contributed by atoms with E-state index in [9.17, 15) is 13.2 Å². The first-order valence-electron chi connectivity index (χ1n) is 8.66. The number of nitrogens with one attached hydrogen (secondary N) is 2. The van der Waals surface area contributed by atoms with Crippen LogP contribution >= 0.6 is 23.6 Å². The van der Waals surface area contributed by atoms with Gasteiger partial charge in [0.2, 0.25) is 0 Å². The molecule has 3 rings (SSSR count). The maximum absolute atomic E-state index is 13.6. The van der Waals surface area contributed by atoms with Crippen LogP contribution in [0.25, 0.3) is 10.9 Å². The minimum Gasteiger partial charge on any atom is -0.361 e. The van der Waals surface area contributed by atoms with E-state index >= 15 is 0 Å². The van der Waals surface area contributed by atoms with Crippen LogP contribution in [0.4, 0.5) is 18.9 Å². The summed E-state index contributed by atoms with van der Waals surface area (Å²) in [5.41, 5.74) is 6.43. The highest BCUT2D eigenvalue weighted by Crippen LogP contribution is 2.34. The Morgan fingerprint density at radius 2 is 2.03 bits per heavy atom. The molecule has 0 amide bonds. The van der Waals surface area contributed by atoms with Crippen molar-refractivity contribution < 1.29 is 27.8 Å². The molecule has 0 aliphatic rings. The molecule has 1 unspecified atom stereocenters. The van der Waals surface area contributed by atoms with E-state index in [2.05, 4.69) is 10.5 Å². The number of H-pyrrole nitrogens is 1. The van der Waals surface area contributed by atoms with Gasteiger partial charge in [-0.25, -0.2) is 9.12 Å². The van der Waals surface area contributed by atoms with Crippen LogP contribution in [0.2, 0.25) is 5.02 Å². The Balaban J connectivity index is 1.73. The molecule has 1 heterocycles. The highest BCUT2D eigenvalue weighted by molar-refractivity contribution is 7.94. The van der Waals surface area contributed by atoms with Gasteiger partial charge in [-0.2, -0.15) is 24.1 Å². The minimum absolute atomic E-state index is 0.285. The van der Waals surface area contributed by atoms with Crippen molar-refractivity contribution in [2.24, 2.45) is 0 Å². The number of fused-ring (bicyclic) bond motifs is 1. The summed E-state index contributed by atoms with van der Waals surface area (Å²) in [6.45, 7) is 1.85. The predicted molar refractivity (Wildman–Crippen MR) is 107 cm³/mol. The Hall–Kier alpha value is -1.75. The van der Waals surface area contributed by atoms with E-state index in [4.69, 9.17) is 20.7 Å². The lowest BCUT2D eigenvalue weighted by molar-refractivity contribution is -0.831. The van der Waals surface area contributed by atoms with Crippen molar-refractivity contribution in [1.82, 2.24) is 10.5 Å². The van der Waals surface area contributed by atoms with Crippen LogP contribution in [0, 0.1) is 6.92 Å². The van der Waals surface area contributed by atoms with Gasteiger partial charge in [0, 0.05) is 29.6 Å². The van der Waals surface area contributed by atoms with E-state index in [1.807, 2.05) is 19.1 Å². The van der Waals surface area contributed by atoms with E-state index in [1.165, 1.54) is 12.6 Å². The molecule has 0 saturated carbocycles. The van der Waals surface area contributed by atoms with Crippen LogP contribution in [0.5, 0.6) is 0 Å². The topological polar surface area (TPSA) is 62.9 Å². The third-order valence-corrected chi connectivity index (χ3v) is 5.48. The van der Waals surface area contributed by atoms with Crippen LogP contribution < -0.4 is 11.0 Å². The first-order valence-corrected chi connectivity index (χ1v) is 9.78. The van der Waals surface area contributed by atoms with E-state index in [0.717, 1.165) is 28.5 Å². The molecule has 0 fully saturated rings. The molecule has 0 spiro atoms. The maximum Gasteiger partial charge on any atom is 0.406 e. The molecule has 0 aliphatic heterocycles. The maximum atomic E-state index is 13.6. The Morgan fingerprint density at radius 3 is 2.76 bits per heavy atom. The molecule has 1 aromatic heterocycles. The van der Waals surface area contributed by atoms with Crippen molar-refractivity contribution in [3.8, 4) is 0 Å². The van der Waals surface area contributed by atoms with Gasteiger partial charge in [-0.15, -0.1) is 0 Å². The van der Waals surface area contributed by atoms with Gasteiger partial charge >= 0.3 is 6.18 Å². The fourth-order valence-electron chi connectivity index (χ4n) is 2.93. The molecular weight excluding hydrogens is 427 g/mol. The predicted octanol–water partition coefficient (Wildman–Crippen LogP) is 4.59. The Morgan fingerprint density at radius 1 is 1.28 bits per heavy atom. The minimum atomic E-state index is -4.50. The number of nitrogens with two attached hydrogens (primary N) is 1. The van der Waals surface area contributed by atoms with Crippen LogP contribution in [0.3, 0.4) is 0 Å². The summed E-state index contributed by atoms with van der Waals surface area (Å²) in [6, 6.07) is 8.81. The van der Waals surface area contributed by atoms with Gasteiger partial charge < -0.3 is 4.98 Å². The Labute approximate surface area is 175 Å². The number of hydrogen-bond acceptors (Lipinski definition) is 4. The van der Waals surface area contributed by atoms with E-state index in [-0.39, 0.29) is 6.42 Å². The third-order valence-electron chi connectivity index (χ3n) is 4.27. The molecule has 0 radical (unpaired) electrons. The molecule has 0 aliphatic carbocycles. The molecule has 3 aromatic rings. The molecule has 0 bridgehead atoms. The monoisotopic (exact) mass is 446 g/mol. The summed E-state index contributed by atoms with van der Waals surface area (Å²) in [5, 5.41) is 1.11. The number of aryl methyl sites for hydroxylation is 1. The fourth-order valence-corrected chi connectivity index (χ4v) is 3.89. The van der Waals surface area contributed by atoms with Gasteiger partial charge in [0.1, 0.15) is 10.9 Å². The first kappa shape index (κ1) is 21.9. The van der Waals surface area contributed by atoms with Gasteiger partial charge in [0.05, 0.1) is 24.2 Å². The van der Waals surface area contributed by atoms with Crippen molar-refractivity contribution >= 4 is 40.2 Å². The van der Waals surface area contributed by atoms with Crippen molar-refractivity contribution in [2.45, 2.75) is 30.5 Å². The molecule has 10 heteroatoms. The van der Waals surface area contributed by atoms with Crippen LogP contribution in [0.15, 0.2) is 47.5 Å². The summed E-state index contributed by atoms with van der Waals surface area (Å²) < 4.78 is 45.8. The number of benzene rings is 2. The molecule has 156 valence electrons. The zero-order chi connectivity index (χ0) is 21.0. The van der Waals surface area contributed by atoms with Crippen LogP contribution in [-0.2, 0) is 15.5 Å². The molecule has 5 nitrogen and oxygen atoms in total. The number of hydroxylamine groups is 1. The fraction of sp³-hybridized carbons (Fsp3) is 0.263. The lowest BCUT2D eigenvalue weighted by atomic mass is 10.1. The van der Waals surface area contributed by atoms with Gasteiger partial charge in [-0.3, -0.25) is 0 Å². The molecule has 0 saturated heterocycles. The Bertz CT molecular complexity index is 981. The molecule has 4 N–H and O–H groups in total. The lowest BCUT2D eigenvalue weighted by Crippen LogP contribution is -2.76. The van der Waals surface area contributed by atoms with Crippen molar-refractivity contribution in [3.63, 3.8) is 0 Å². The average Bonchev–Trinajstić information content (AvgIpc) is 3.05. The van der Waals surface area contributed by atoms with Gasteiger partial charge in [0.25, 0.3) is 0 Å². The third kappa shape index (κ3) is 5.44. The summed E-state index contributed by atoms with van der Waals surface area (Å²) in [4.78, 5) is 8.46. The molecule has 29 heavy (non-hydrogen) atoms. The second-order valence-corrected chi connectivity index (χ2v) is 7.61. The van der Waals surface area contributed by atoms with Gasteiger partial charge in [-0.1, -0.05) is 29.8 Å². The lowest BCUT2D eigenvalue weighted by Gasteiger charge is -2.20. The summed E-state index contributed by atoms with van der Waals surface area (Å²) in [5.74, 6) is 0. The van der Waals surface area contributed by atoms with E-state index < -0.39 is 12.2 Å². The summed E-state index contributed by atoms with van der Waals surface area (Å²) in [7, 11) is 1.48. The Kier molecular flexibility index (Phi) is 7.10. The summed E-state index contributed by atoms with van der Waals surface area (Å²) in [6.07, 6.45) is -3.20. The molecule has 2 aromatic carbocycles. The van der Waals surface area contributed by atoms with Gasteiger partial charge in [0.15, 0.2) is 5.69 Å². The van der Waals surface area contributed by atoms with E-state index in [1.54, 1.807) is 30.5 Å². The second kappa shape index (κ2) is 9.38. The molecule has 1 atom stereocenters. The number of halogens is 4. The first-order chi connectivity index (χ1) is 13.8. The number of para-hydroxylation sites is 1. The van der Waals surface area contributed by atoms with Crippen molar-refractivity contribution in [1.29, 1.82) is 0 Å². The number of alkyl halides is 3. The quantitative estimate of drug-likeness (QED) is 0.269. The standard InChI is InChI=1S/C19H19ClF3N3O2S/c1-11-7-14(20)18(16(8-11)25-27-2)29-28-26-17(19(21,22)23)9-12-10-24-15-6-4-3-5-13(12)15/h3-8,10,17,24-26H,9H2,1-2H3/p+1. The van der Waals surface area contributed by atoms with Crippen LogP contribution in [-0.4, -0.2) is 24.3 Å². The zero-order valence-electron chi connectivity index (χ0n) is 15.6. The normalized spacial score (nSPS) is 13.2. The second-order valence-electron chi connectivity index (χ2n) is 6.46. The number of quaternary nitrogens is 1. The van der Waals surface area contributed by atoms with Gasteiger partial charge in [-0.05, 0) is 30.2 Å². The SMILES string of the molecule is CO[NH2+]c1cc(C)cc(Cl)c1SONC(Cc1c[nH]c2ccccc12)C(F)(F)F. The van der Waals surface area contributed by atoms with Crippen molar-refractivity contribution in [3.05, 3.63) is 58.7 Å². The number of hydrogen-bond donors (Lipinski definition) is 3. The smallest absolute Gasteiger partial charge is 0.361 e. The molecular formula is C19H20ClF3N3O2S+. The highest BCUT2D eigenvalue weighted by atomic mass is 35.5. The zero-order valence-corrected chi connectivity index (χ0v) is 17.2. The van der Waals surface area contributed by atoms with Crippen LogP contribution in [0.1, 0.15) is 11.1 Å². The summed E-state index contributed by atoms with van der Waals surface area (Å²) >= 11 is 6.95. The number of aromatic amines is 1. The number of rotatable bonds is 8. The highest BCUT2D eigenvalue weighted by Gasteiger charge is 2.40. The van der Waals surface area contributed by atoms with E-state index in [0.29, 0.717) is 21.2 Å².